The van der Waals surface area contributed by atoms with Crippen LogP contribution in [0.15, 0.2) is 29.1 Å². The number of aromatic carboxylic acids is 1. The molecule has 0 saturated heterocycles. The van der Waals surface area contributed by atoms with Crippen LogP contribution in [0.5, 0.6) is 11.6 Å². The highest BCUT2D eigenvalue weighted by atomic mass is 16.4. The average Bonchev–Trinajstić information content (AvgIpc) is 2.54. The number of rotatable bonds is 2. The maximum absolute atomic E-state index is 11.3. The predicted molar refractivity (Wildman–Crippen MR) is 56.7 cm³/mol. The second-order valence-electron chi connectivity index (χ2n) is 3.30. The SMILES string of the molecule is O=C(O)c1c(O)n(-c2cccc(O)c2)[nH]c1=O. The van der Waals surface area contributed by atoms with E-state index in [9.17, 15) is 19.8 Å². The first-order chi connectivity index (χ1) is 8.00. The Hall–Kier alpha value is -2.70. The van der Waals surface area contributed by atoms with Gasteiger partial charge in [0.25, 0.3) is 5.56 Å². The number of aromatic amines is 1. The van der Waals surface area contributed by atoms with Crippen LogP contribution < -0.4 is 5.56 Å². The van der Waals surface area contributed by atoms with Gasteiger partial charge in [-0.05, 0) is 12.1 Å². The van der Waals surface area contributed by atoms with Gasteiger partial charge in [0.1, 0.15) is 5.75 Å². The van der Waals surface area contributed by atoms with Crippen molar-refractivity contribution in [3.63, 3.8) is 0 Å². The maximum Gasteiger partial charge on any atom is 0.347 e. The molecule has 0 bridgehead atoms. The van der Waals surface area contributed by atoms with Crippen molar-refractivity contribution in [2.75, 3.05) is 0 Å². The number of H-pyrrole nitrogens is 1. The van der Waals surface area contributed by atoms with E-state index in [1.54, 1.807) is 0 Å². The number of carbonyl (C=O) groups is 1. The summed E-state index contributed by atoms with van der Waals surface area (Å²) in [7, 11) is 0. The van der Waals surface area contributed by atoms with E-state index in [2.05, 4.69) is 5.10 Å². The Morgan fingerprint density at radius 2 is 2.00 bits per heavy atom. The third kappa shape index (κ3) is 1.73. The second kappa shape index (κ2) is 3.71. The fraction of sp³-hybridized carbons (Fsp3) is 0. The van der Waals surface area contributed by atoms with Gasteiger partial charge in [0, 0.05) is 6.07 Å². The van der Waals surface area contributed by atoms with Gasteiger partial charge in [-0.15, -0.1) is 0 Å². The summed E-state index contributed by atoms with van der Waals surface area (Å²) in [5.41, 5.74) is -1.42. The molecule has 0 radical (unpaired) electrons. The standard InChI is InChI=1S/C10H8N2O5/c13-6-3-1-2-5(4-6)12-9(15)7(10(16)17)8(14)11-12/h1-4,13,15H,(H,11,14)(H,16,17). The van der Waals surface area contributed by atoms with E-state index >= 15 is 0 Å². The average molecular weight is 236 g/mol. The van der Waals surface area contributed by atoms with Crippen molar-refractivity contribution >= 4 is 5.97 Å². The van der Waals surface area contributed by atoms with Gasteiger partial charge in [0.15, 0.2) is 5.56 Å². The van der Waals surface area contributed by atoms with Crippen LogP contribution in [0, 0.1) is 0 Å². The highest BCUT2D eigenvalue weighted by Crippen LogP contribution is 2.20. The zero-order valence-electron chi connectivity index (χ0n) is 8.41. The maximum atomic E-state index is 11.3. The minimum Gasteiger partial charge on any atom is -0.508 e. The molecule has 7 heteroatoms. The summed E-state index contributed by atoms with van der Waals surface area (Å²) in [6.07, 6.45) is 0. The number of nitrogens with zero attached hydrogens (tertiary/aromatic N) is 1. The van der Waals surface area contributed by atoms with Crippen molar-refractivity contribution in [3.8, 4) is 17.3 Å². The van der Waals surface area contributed by atoms with Gasteiger partial charge < -0.3 is 15.3 Å². The summed E-state index contributed by atoms with van der Waals surface area (Å²) >= 11 is 0. The van der Waals surface area contributed by atoms with Crippen LogP contribution in [-0.4, -0.2) is 31.1 Å². The van der Waals surface area contributed by atoms with Crippen LogP contribution in [-0.2, 0) is 0 Å². The van der Waals surface area contributed by atoms with Crippen molar-refractivity contribution in [1.82, 2.24) is 9.78 Å². The molecule has 0 aliphatic heterocycles. The normalized spacial score (nSPS) is 10.4. The number of carboxylic acid groups (broad SMARTS) is 1. The molecule has 1 aromatic carbocycles. The Bertz CT molecular complexity index is 640. The Morgan fingerprint density at radius 3 is 2.53 bits per heavy atom. The van der Waals surface area contributed by atoms with Gasteiger partial charge in [0.2, 0.25) is 5.88 Å². The lowest BCUT2D eigenvalue weighted by Gasteiger charge is -2.04. The molecule has 0 spiro atoms. The molecule has 0 fully saturated rings. The van der Waals surface area contributed by atoms with Crippen molar-refractivity contribution in [1.29, 1.82) is 0 Å². The second-order valence-corrected chi connectivity index (χ2v) is 3.30. The molecule has 88 valence electrons. The summed E-state index contributed by atoms with van der Waals surface area (Å²) in [6.45, 7) is 0. The quantitative estimate of drug-likeness (QED) is 0.597. The third-order valence-corrected chi connectivity index (χ3v) is 2.18. The zero-order valence-corrected chi connectivity index (χ0v) is 8.41. The summed E-state index contributed by atoms with van der Waals surface area (Å²) in [6, 6.07) is 5.64. The lowest BCUT2D eigenvalue weighted by atomic mass is 10.3. The van der Waals surface area contributed by atoms with Gasteiger partial charge >= 0.3 is 5.97 Å². The lowest BCUT2D eigenvalue weighted by molar-refractivity contribution is 0.0692. The number of aromatic nitrogens is 2. The van der Waals surface area contributed by atoms with Gasteiger partial charge in [-0.3, -0.25) is 9.89 Å². The topological polar surface area (TPSA) is 116 Å². The molecule has 1 heterocycles. The molecule has 0 amide bonds. The Kier molecular flexibility index (Phi) is 2.36. The monoisotopic (exact) mass is 236 g/mol. The zero-order chi connectivity index (χ0) is 12.6. The number of aromatic hydroxyl groups is 2. The fourth-order valence-corrected chi connectivity index (χ4v) is 1.44. The van der Waals surface area contributed by atoms with E-state index in [-0.39, 0.29) is 11.4 Å². The highest BCUT2D eigenvalue weighted by molar-refractivity contribution is 5.89. The molecule has 0 aliphatic rings. The number of phenolic OH excluding ortho intramolecular Hbond substituents is 1. The van der Waals surface area contributed by atoms with Crippen LogP contribution in [0.4, 0.5) is 0 Å². The summed E-state index contributed by atoms with van der Waals surface area (Å²) in [4.78, 5) is 22.0. The number of hydrogen-bond donors (Lipinski definition) is 4. The molecule has 4 N–H and O–H groups in total. The highest BCUT2D eigenvalue weighted by Gasteiger charge is 2.21. The van der Waals surface area contributed by atoms with E-state index in [1.165, 1.54) is 24.3 Å². The first-order valence-corrected chi connectivity index (χ1v) is 4.57. The van der Waals surface area contributed by atoms with Crippen molar-refractivity contribution in [3.05, 3.63) is 40.2 Å². The molecule has 0 aliphatic carbocycles. The molecule has 1 aromatic heterocycles. The Morgan fingerprint density at radius 1 is 1.29 bits per heavy atom. The van der Waals surface area contributed by atoms with Crippen molar-refractivity contribution in [2.24, 2.45) is 0 Å². The van der Waals surface area contributed by atoms with E-state index in [4.69, 9.17) is 5.11 Å². The molecule has 0 unspecified atom stereocenters. The molecule has 7 nitrogen and oxygen atoms in total. The molecular formula is C10H8N2O5. The van der Waals surface area contributed by atoms with E-state index < -0.39 is 23.0 Å². The van der Waals surface area contributed by atoms with Gasteiger partial charge in [-0.2, -0.15) is 0 Å². The number of carboxylic acids is 1. The first-order valence-electron chi connectivity index (χ1n) is 4.57. The summed E-state index contributed by atoms with van der Waals surface area (Å²) in [5.74, 6) is -2.32. The van der Waals surface area contributed by atoms with Crippen LogP contribution in [0.2, 0.25) is 0 Å². The molecule has 0 atom stereocenters. The minimum absolute atomic E-state index is 0.0756. The lowest BCUT2D eigenvalue weighted by Crippen LogP contribution is -2.11. The fourth-order valence-electron chi connectivity index (χ4n) is 1.44. The Labute approximate surface area is 94.2 Å². The molecule has 0 saturated carbocycles. The van der Waals surface area contributed by atoms with Crippen molar-refractivity contribution in [2.45, 2.75) is 0 Å². The van der Waals surface area contributed by atoms with Crippen LogP contribution in [0.3, 0.4) is 0 Å². The van der Waals surface area contributed by atoms with E-state index in [1.807, 2.05) is 0 Å². The third-order valence-electron chi connectivity index (χ3n) is 2.18. The number of nitrogens with one attached hydrogen (secondary N) is 1. The number of hydrogen-bond acceptors (Lipinski definition) is 4. The smallest absolute Gasteiger partial charge is 0.347 e. The van der Waals surface area contributed by atoms with Crippen LogP contribution >= 0.6 is 0 Å². The number of benzene rings is 1. The van der Waals surface area contributed by atoms with Crippen molar-refractivity contribution < 1.29 is 20.1 Å². The number of phenols is 1. The first kappa shape index (κ1) is 10.8. The van der Waals surface area contributed by atoms with Gasteiger partial charge in [0.05, 0.1) is 5.69 Å². The molecular weight excluding hydrogens is 228 g/mol. The minimum atomic E-state index is -1.53. The summed E-state index contributed by atoms with van der Waals surface area (Å²) in [5, 5.41) is 29.7. The van der Waals surface area contributed by atoms with Crippen LogP contribution in [0.25, 0.3) is 5.69 Å². The van der Waals surface area contributed by atoms with Gasteiger partial charge in [-0.25, -0.2) is 9.48 Å². The molecule has 17 heavy (non-hydrogen) atoms. The van der Waals surface area contributed by atoms with E-state index in [0.717, 1.165) is 4.68 Å². The van der Waals surface area contributed by atoms with Gasteiger partial charge in [-0.1, -0.05) is 6.07 Å². The van der Waals surface area contributed by atoms with Crippen LogP contribution in [0.1, 0.15) is 10.4 Å². The summed E-state index contributed by atoms with van der Waals surface area (Å²) < 4.78 is 0.880. The Balaban J connectivity index is 2.66. The molecule has 2 rings (SSSR count). The largest absolute Gasteiger partial charge is 0.508 e. The predicted octanol–water partition coefficient (Wildman–Crippen LogP) is 0.275. The van der Waals surface area contributed by atoms with E-state index in [0.29, 0.717) is 0 Å². The molecule has 2 aromatic rings.